The topological polar surface area (TPSA) is 42.2 Å². The van der Waals surface area contributed by atoms with Crippen molar-refractivity contribution in [1.29, 1.82) is 0 Å². The summed E-state index contributed by atoms with van der Waals surface area (Å²) in [5.41, 5.74) is 9.41. The number of aromatic nitrogens is 1. The van der Waals surface area contributed by atoms with Crippen molar-refractivity contribution in [3.63, 3.8) is 0 Å². The average molecular weight is 239 g/mol. The fourth-order valence-electron chi connectivity index (χ4n) is 2.77. The number of nitrogens with two attached hydrogens (primary N) is 1. The molecule has 0 aliphatic heterocycles. The molecule has 90 valence electrons. The van der Waals surface area contributed by atoms with Crippen molar-refractivity contribution < 1.29 is 0 Å². The van der Waals surface area contributed by atoms with Crippen molar-refractivity contribution in [1.82, 2.24) is 9.88 Å². The smallest absolute Gasteiger partial charge is 0.0795 e. The summed E-state index contributed by atoms with van der Waals surface area (Å²) < 4.78 is 0. The first-order valence-electron chi connectivity index (χ1n) is 6.00. The van der Waals surface area contributed by atoms with Crippen LogP contribution in [0.1, 0.15) is 31.4 Å². The summed E-state index contributed by atoms with van der Waals surface area (Å²) in [5.74, 6) is 0. The van der Waals surface area contributed by atoms with Crippen LogP contribution in [0, 0.1) is 5.41 Å². The van der Waals surface area contributed by atoms with Gasteiger partial charge in [-0.05, 0) is 31.8 Å². The molecule has 1 aliphatic carbocycles. The number of hydrogen-bond donors (Lipinski definition) is 1. The van der Waals surface area contributed by atoms with E-state index >= 15 is 0 Å². The Kier molecular flexibility index (Phi) is 3.95. The summed E-state index contributed by atoms with van der Waals surface area (Å²) >= 11 is 1.67. The Bertz CT molecular complexity index is 304. The van der Waals surface area contributed by atoms with Crippen LogP contribution in [0.15, 0.2) is 10.9 Å². The Morgan fingerprint density at radius 1 is 1.50 bits per heavy atom. The third-order valence-electron chi connectivity index (χ3n) is 3.62. The summed E-state index contributed by atoms with van der Waals surface area (Å²) in [6.45, 7) is 2.89. The largest absolute Gasteiger partial charge is 0.330 e. The summed E-state index contributed by atoms with van der Waals surface area (Å²) in [6.07, 6.45) is 5.29. The minimum absolute atomic E-state index is 0.380. The lowest BCUT2D eigenvalue weighted by molar-refractivity contribution is 0.178. The number of thiazole rings is 1. The van der Waals surface area contributed by atoms with Gasteiger partial charge in [0, 0.05) is 18.5 Å². The highest BCUT2D eigenvalue weighted by Crippen LogP contribution is 2.37. The van der Waals surface area contributed by atoms with E-state index in [9.17, 15) is 0 Å². The molecule has 0 bridgehead atoms. The zero-order chi connectivity index (χ0) is 11.4. The van der Waals surface area contributed by atoms with E-state index in [0.717, 1.165) is 19.6 Å². The Balaban J connectivity index is 1.88. The first kappa shape index (κ1) is 12.0. The van der Waals surface area contributed by atoms with Crippen LogP contribution in [0.25, 0.3) is 0 Å². The molecule has 0 radical (unpaired) electrons. The van der Waals surface area contributed by atoms with Crippen molar-refractivity contribution in [2.24, 2.45) is 11.1 Å². The molecule has 3 nitrogen and oxygen atoms in total. The molecule has 1 saturated carbocycles. The molecular formula is C12H21N3S. The lowest BCUT2D eigenvalue weighted by Crippen LogP contribution is -2.39. The molecule has 0 aromatic carbocycles. The molecule has 0 atom stereocenters. The van der Waals surface area contributed by atoms with E-state index in [0.29, 0.717) is 5.41 Å². The summed E-state index contributed by atoms with van der Waals surface area (Å²) in [7, 11) is 2.18. The second-order valence-corrected chi connectivity index (χ2v) is 5.78. The Hall–Kier alpha value is -0.450. The van der Waals surface area contributed by atoms with Crippen LogP contribution in [0.4, 0.5) is 0 Å². The summed E-state index contributed by atoms with van der Waals surface area (Å²) in [4.78, 5) is 6.69. The van der Waals surface area contributed by atoms with Crippen LogP contribution >= 0.6 is 11.3 Å². The Morgan fingerprint density at radius 3 is 2.81 bits per heavy atom. The molecule has 1 aromatic heterocycles. The average Bonchev–Trinajstić information content (AvgIpc) is 2.90. The van der Waals surface area contributed by atoms with Gasteiger partial charge in [-0.25, -0.2) is 4.98 Å². The third-order valence-corrected chi connectivity index (χ3v) is 4.25. The maximum atomic E-state index is 5.95. The van der Waals surface area contributed by atoms with E-state index in [4.69, 9.17) is 5.73 Å². The number of rotatable bonds is 5. The van der Waals surface area contributed by atoms with E-state index in [1.807, 2.05) is 5.51 Å². The van der Waals surface area contributed by atoms with Gasteiger partial charge in [0.1, 0.15) is 0 Å². The van der Waals surface area contributed by atoms with Gasteiger partial charge in [-0.1, -0.05) is 12.8 Å². The van der Waals surface area contributed by atoms with Gasteiger partial charge >= 0.3 is 0 Å². The summed E-state index contributed by atoms with van der Waals surface area (Å²) in [5, 5.41) is 2.13. The van der Waals surface area contributed by atoms with Crippen LogP contribution in [0.5, 0.6) is 0 Å². The summed E-state index contributed by atoms with van der Waals surface area (Å²) in [6, 6.07) is 0. The molecular weight excluding hydrogens is 218 g/mol. The fourth-order valence-corrected chi connectivity index (χ4v) is 3.32. The van der Waals surface area contributed by atoms with Crippen LogP contribution in [0.3, 0.4) is 0 Å². The van der Waals surface area contributed by atoms with Crippen LogP contribution in [-0.2, 0) is 6.54 Å². The highest BCUT2D eigenvalue weighted by Gasteiger charge is 2.33. The number of nitrogens with zero attached hydrogens (tertiary/aromatic N) is 2. The predicted molar refractivity (Wildman–Crippen MR) is 68.4 cm³/mol. The van der Waals surface area contributed by atoms with Gasteiger partial charge in [-0.15, -0.1) is 11.3 Å². The molecule has 1 aromatic rings. The second-order valence-electron chi connectivity index (χ2n) is 5.06. The molecule has 2 N–H and O–H groups in total. The zero-order valence-electron chi connectivity index (χ0n) is 9.98. The lowest BCUT2D eigenvalue weighted by Gasteiger charge is -2.32. The minimum atomic E-state index is 0.380. The van der Waals surface area contributed by atoms with Gasteiger partial charge in [0.15, 0.2) is 0 Å². The van der Waals surface area contributed by atoms with E-state index in [1.54, 1.807) is 11.3 Å². The molecule has 4 heteroatoms. The van der Waals surface area contributed by atoms with Gasteiger partial charge in [0.05, 0.1) is 11.2 Å². The predicted octanol–water partition coefficient (Wildman–Crippen LogP) is 2.09. The first-order chi connectivity index (χ1) is 7.74. The maximum Gasteiger partial charge on any atom is 0.0795 e. The van der Waals surface area contributed by atoms with Gasteiger partial charge in [-0.2, -0.15) is 0 Å². The lowest BCUT2D eigenvalue weighted by atomic mass is 9.86. The molecule has 1 fully saturated rings. The van der Waals surface area contributed by atoms with E-state index in [1.165, 1.54) is 31.4 Å². The molecule has 0 unspecified atom stereocenters. The van der Waals surface area contributed by atoms with E-state index in [2.05, 4.69) is 22.3 Å². The Labute approximate surface area is 102 Å². The van der Waals surface area contributed by atoms with E-state index < -0.39 is 0 Å². The van der Waals surface area contributed by atoms with Crippen molar-refractivity contribution in [2.75, 3.05) is 20.1 Å². The van der Waals surface area contributed by atoms with E-state index in [-0.39, 0.29) is 0 Å². The van der Waals surface area contributed by atoms with Crippen molar-refractivity contribution in [3.8, 4) is 0 Å². The fraction of sp³-hybridized carbons (Fsp3) is 0.750. The van der Waals surface area contributed by atoms with Crippen LogP contribution < -0.4 is 5.73 Å². The standard InChI is InChI=1S/C12H21N3S/c1-15(6-11-7-16-10-14-11)9-12(8-13)4-2-3-5-12/h7,10H,2-6,8-9,13H2,1H3. The normalized spacial score (nSPS) is 19.4. The minimum Gasteiger partial charge on any atom is -0.330 e. The quantitative estimate of drug-likeness (QED) is 0.855. The third kappa shape index (κ3) is 2.81. The molecule has 2 rings (SSSR count). The molecule has 16 heavy (non-hydrogen) atoms. The highest BCUT2D eigenvalue weighted by molar-refractivity contribution is 7.07. The van der Waals surface area contributed by atoms with Crippen LogP contribution in [-0.4, -0.2) is 30.0 Å². The molecule has 0 amide bonds. The highest BCUT2D eigenvalue weighted by atomic mass is 32.1. The van der Waals surface area contributed by atoms with Crippen molar-refractivity contribution >= 4 is 11.3 Å². The van der Waals surface area contributed by atoms with Gasteiger partial charge in [0.25, 0.3) is 0 Å². The van der Waals surface area contributed by atoms with Gasteiger partial charge in [0.2, 0.25) is 0 Å². The molecule has 1 aliphatic rings. The SMILES string of the molecule is CN(Cc1cscn1)CC1(CN)CCCC1. The Morgan fingerprint density at radius 2 is 2.25 bits per heavy atom. The molecule has 1 heterocycles. The van der Waals surface area contributed by atoms with Gasteiger partial charge < -0.3 is 5.73 Å². The monoisotopic (exact) mass is 239 g/mol. The molecule has 0 saturated heterocycles. The zero-order valence-corrected chi connectivity index (χ0v) is 10.8. The second kappa shape index (κ2) is 5.25. The first-order valence-corrected chi connectivity index (χ1v) is 6.94. The maximum absolute atomic E-state index is 5.95. The van der Waals surface area contributed by atoms with Gasteiger partial charge in [-0.3, -0.25) is 4.90 Å². The van der Waals surface area contributed by atoms with Crippen molar-refractivity contribution in [3.05, 3.63) is 16.6 Å². The molecule has 0 spiro atoms. The number of hydrogen-bond acceptors (Lipinski definition) is 4. The van der Waals surface area contributed by atoms with Crippen molar-refractivity contribution in [2.45, 2.75) is 32.2 Å². The van der Waals surface area contributed by atoms with Crippen LogP contribution in [0.2, 0.25) is 0 Å².